The number of aliphatic hydroxyl groups excluding tert-OH is 1. The predicted octanol–water partition coefficient (Wildman–Crippen LogP) is 4.22. The van der Waals surface area contributed by atoms with E-state index in [2.05, 4.69) is 39.4 Å². The Labute approximate surface area is 181 Å². The first kappa shape index (κ1) is 22.7. The topological polar surface area (TPSA) is 108 Å². The first-order valence-corrected chi connectivity index (χ1v) is 10.8. The lowest BCUT2D eigenvalue weighted by atomic mass is 10.1. The fraction of sp³-hybridized carbons (Fsp3) is 0.500. The van der Waals surface area contributed by atoms with Crippen LogP contribution >= 0.6 is 0 Å². The zero-order valence-corrected chi connectivity index (χ0v) is 18.4. The Hall–Kier alpha value is -2.94. The molecule has 2 heterocycles. The molecule has 3 aromatic rings. The van der Waals surface area contributed by atoms with Crippen molar-refractivity contribution in [3.63, 3.8) is 0 Å². The average Bonchev–Trinajstić information content (AvgIpc) is 3.17. The number of hydrogen-bond donors (Lipinski definition) is 4. The van der Waals surface area contributed by atoms with E-state index in [0.717, 1.165) is 12.8 Å². The highest BCUT2D eigenvalue weighted by molar-refractivity contribution is 5.84. The van der Waals surface area contributed by atoms with Gasteiger partial charge < -0.3 is 25.4 Å². The van der Waals surface area contributed by atoms with Crippen molar-refractivity contribution in [2.24, 2.45) is 0 Å². The molecule has 2 atom stereocenters. The van der Waals surface area contributed by atoms with Crippen LogP contribution in [0.5, 0.6) is 5.75 Å². The van der Waals surface area contributed by atoms with Crippen LogP contribution in [0.15, 0.2) is 24.5 Å². The summed E-state index contributed by atoms with van der Waals surface area (Å²) < 4.78 is 15.6. The zero-order chi connectivity index (χ0) is 22.5. The van der Waals surface area contributed by atoms with Crippen LogP contribution in [0.3, 0.4) is 0 Å². The Kier molecular flexibility index (Phi) is 7.27. The van der Waals surface area contributed by atoms with E-state index < -0.39 is 11.9 Å². The van der Waals surface area contributed by atoms with Crippen molar-refractivity contribution in [1.82, 2.24) is 19.5 Å². The number of rotatable bonds is 10. The highest BCUT2D eigenvalue weighted by Crippen LogP contribution is 2.27. The number of aliphatic hydroxyl groups is 1. The number of nitrogens with zero attached hydrogens (tertiary/aromatic N) is 4. The van der Waals surface area contributed by atoms with Gasteiger partial charge in [-0.05, 0) is 44.4 Å². The van der Waals surface area contributed by atoms with Crippen molar-refractivity contribution in [2.75, 3.05) is 10.6 Å². The van der Waals surface area contributed by atoms with Crippen LogP contribution in [-0.2, 0) is 6.54 Å². The second kappa shape index (κ2) is 9.91. The number of halogens is 1. The maximum Gasteiger partial charge on any atom is 0.227 e. The minimum absolute atomic E-state index is 0.000241. The van der Waals surface area contributed by atoms with Gasteiger partial charge in [-0.2, -0.15) is 9.97 Å². The van der Waals surface area contributed by atoms with Gasteiger partial charge in [-0.15, -0.1) is 0 Å². The van der Waals surface area contributed by atoms with Crippen LogP contribution in [0.4, 0.5) is 16.2 Å². The number of aromatic hydroxyl groups is 1. The van der Waals surface area contributed by atoms with Crippen molar-refractivity contribution in [2.45, 2.75) is 71.7 Å². The fourth-order valence-corrected chi connectivity index (χ4v) is 3.66. The molecule has 0 saturated carbocycles. The van der Waals surface area contributed by atoms with Crippen molar-refractivity contribution in [3.05, 3.63) is 35.9 Å². The third kappa shape index (κ3) is 5.04. The molecule has 0 aliphatic carbocycles. The number of aromatic nitrogens is 4. The minimum atomic E-state index is -0.575. The molecule has 0 amide bonds. The van der Waals surface area contributed by atoms with Crippen LogP contribution in [0.2, 0.25) is 0 Å². The number of phenols is 1. The van der Waals surface area contributed by atoms with Crippen molar-refractivity contribution < 1.29 is 14.6 Å². The highest BCUT2D eigenvalue weighted by atomic mass is 19.1. The fourth-order valence-electron chi connectivity index (χ4n) is 3.66. The van der Waals surface area contributed by atoms with Gasteiger partial charge in [-0.1, -0.05) is 20.8 Å². The summed E-state index contributed by atoms with van der Waals surface area (Å²) in [5.74, 6) is 0.422. The van der Waals surface area contributed by atoms with Crippen LogP contribution in [0, 0.1) is 5.82 Å². The predicted molar refractivity (Wildman–Crippen MR) is 120 cm³/mol. The van der Waals surface area contributed by atoms with E-state index in [0.29, 0.717) is 34.9 Å². The van der Waals surface area contributed by atoms with Crippen LogP contribution in [0.25, 0.3) is 11.2 Å². The Bertz CT molecular complexity index is 1020. The van der Waals surface area contributed by atoms with E-state index in [9.17, 15) is 14.6 Å². The molecule has 0 radical (unpaired) electrons. The van der Waals surface area contributed by atoms with E-state index in [-0.39, 0.29) is 24.4 Å². The molecule has 168 valence electrons. The Balaban J connectivity index is 2.02. The normalized spacial score (nSPS) is 13.5. The number of benzene rings is 1. The van der Waals surface area contributed by atoms with E-state index in [1.165, 1.54) is 18.2 Å². The molecule has 2 unspecified atom stereocenters. The monoisotopic (exact) mass is 430 g/mol. The largest absolute Gasteiger partial charge is 0.508 e. The van der Waals surface area contributed by atoms with Gasteiger partial charge in [0.15, 0.2) is 17.0 Å². The van der Waals surface area contributed by atoms with Crippen LogP contribution < -0.4 is 10.6 Å². The molecule has 9 heteroatoms. The van der Waals surface area contributed by atoms with Crippen molar-refractivity contribution >= 4 is 22.9 Å². The Morgan fingerprint density at radius 1 is 1.13 bits per heavy atom. The van der Waals surface area contributed by atoms with Crippen LogP contribution in [0.1, 0.15) is 58.6 Å². The Morgan fingerprint density at radius 2 is 1.87 bits per heavy atom. The molecule has 0 aliphatic rings. The molecule has 0 spiro atoms. The summed E-state index contributed by atoms with van der Waals surface area (Å²) in [6.07, 6.45) is 3.75. The standard InChI is InChI=1S/C22H31FN6O2/c1-5-16(6-2)29-12-25-19-20(24-11-14-10-15(23)8-9-18(14)31)27-22(28-21(19)29)26-17(7-3)13(4)30/h8-10,12-13,16-17,30-31H,5-7,11H2,1-4H3,(H2,24,26,27,28). The molecule has 0 fully saturated rings. The summed E-state index contributed by atoms with van der Waals surface area (Å²) in [6, 6.07) is 3.85. The number of nitrogens with one attached hydrogen (secondary N) is 2. The molecule has 4 N–H and O–H groups in total. The van der Waals surface area contributed by atoms with Gasteiger partial charge >= 0.3 is 0 Å². The second-order valence-electron chi connectivity index (χ2n) is 7.72. The smallest absolute Gasteiger partial charge is 0.227 e. The van der Waals surface area contributed by atoms with Crippen LogP contribution in [-0.4, -0.2) is 41.9 Å². The molecule has 31 heavy (non-hydrogen) atoms. The summed E-state index contributed by atoms with van der Waals surface area (Å²) in [5.41, 5.74) is 1.69. The third-order valence-corrected chi connectivity index (χ3v) is 5.58. The number of phenolic OH excluding ortho intramolecular Hbond substituents is 1. The summed E-state index contributed by atoms with van der Waals surface area (Å²) in [6.45, 7) is 8.10. The first-order valence-electron chi connectivity index (χ1n) is 10.8. The average molecular weight is 431 g/mol. The molecule has 0 saturated heterocycles. The quantitative estimate of drug-likeness (QED) is 0.381. The van der Waals surface area contributed by atoms with Gasteiger partial charge in [-0.3, -0.25) is 0 Å². The van der Waals surface area contributed by atoms with Gasteiger partial charge in [0.1, 0.15) is 11.6 Å². The summed E-state index contributed by atoms with van der Waals surface area (Å²) in [7, 11) is 0. The number of anilines is 2. The molecule has 0 bridgehead atoms. The van der Waals surface area contributed by atoms with E-state index in [1.54, 1.807) is 13.3 Å². The molecular weight excluding hydrogens is 399 g/mol. The maximum absolute atomic E-state index is 13.6. The molecule has 0 aliphatic heterocycles. The molecule has 2 aromatic heterocycles. The lowest BCUT2D eigenvalue weighted by Crippen LogP contribution is -2.31. The van der Waals surface area contributed by atoms with E-state index in [1.807, 2.05) is 11.5 Å². The maximum atomic E-state index is 13.6. The van der Waals surface area contributed by atoms with Crippen molar-refractivity contribution in [1.29, 1.82) is 0 Å². The molecule has 1 aromatic carbocycles. The Morgan fingerprint density at radius 3 is 2.52 bits per heavy atom. The number of imidazole rings is 1. The van der Waals surface area contributed by atoms with Gasteiger partial charge in [0, 0.05) is 18.2 Å². The number of fused-ring (bicyclic) bond motifs is 1. The summed E-state index contributed by atoms with van der Waals surface area (Å²) >= 11 is 0. The summed E-state index contributed by atoms with van der Waals surface area (Å²) in [4.78, 5) is 13.8. The van der Waals surface area contributed by atoms with Crippen molar-refractivity contribution in [3.8, 4) is 5.75 Å². The lowest BCUT2D eigenvalue weighted by Gasteiger charge is -2.21. The third-order valence-electron chi connectivity index (χ3n) is 5.58. The minimum Gasteiger partial charge on any atom is -0.508 e. The SMILES string of the molecule is CCC(Nc1nc(NCc2cc(F)ccc2O)c2ncn(C(CC)CC)c2n1)C(C)O. The van der Waals surface area contributed by atoms with Gasteiger partial charge in [0.25, 0.3) is 0 Å². The van der Waals surface area contributed by atoms with Gasteiger partial charge in [0.2, 0.25) is 5.95 Å². The summed E-state index contributed by atoms with van der Waals surface area (Å²) in [5, 5.41) is 26.4. The second-order valence-corrected chi connectivity index (χ2v) is 7.72. The number of hydrogen-bond acceptors (Lipinski definition) is 7. The zero-order valence-electron chi connectivity index (χ0n) is 18.4. The molecular formula is C22H31FN6O2. The highest BCUT2D eigenvalue weighted by Gasteiger charge is 2.20. The first-order chi connectivity index (χ1) is 14.9. The van der Waals surface area contributed by atoms with E-state index >= 15 is 0 Å². The van der Waals surface area contributed by atoms with E-state index in [4.69, 9.17) is 0 Å². The van der Waals surface area contributed by atoms with Gasteiger partial charge in [-0.25, -0.2) is 9.37 Å². The lowest BCUT2D eigenvalue weighted by molar-refractivity contribution is 0.169. The molecule has 8 nitrogen and oxygen atoms in total. The van der Waals surface area contributed by atoms with Gasteiger partial charge in [0.05, 0.1) is 18.5 Å². The molecule has 3 rings (SSSR count).